The number of halogens is 1. The fourth-order valence-electron chi connectivity index (χ4n) is 2.37. The maximum atomic E-state index is 13.4. The first-order chi connectivity index (χ1) is 9.27. The monoisotopic (exact) mass is 265 g/mol. The van der Waals surface area contributed by atoms with Crippen molar-refractivity contribution in [2.75, 3.05) is 19.8 Å². The van der Waals surface area contributed by atoms with Crippen molar-refractivity contribution in [1.82, 2.24) is 5.32 Å². The molecule has 1 aromatic carbocycles. The van der Waals surface area contributed by atoms with Crippen molar-refractivity contribution in [3.63, 3.8) is 0 Å². The quantitative estimate of drug-likeness (QED) is 0.831. The van der Waals surface area contributed by atoms with E-state index in [2.05, 4.69) is 5.32 Å². The van der Waals surface area contributed by atoms with Crippen molar-refractivity contribution in [2.45, 2.75) is 25.7 Å². The van der Waals surface area contributed by atoms with Crippen LogP contribution in [-0.4, -0.2) is 25.7 Å². The molecule has 1 N–H and O–H groups in total. The second-order valence-corrected chi connectivity index (χ2v) is 4.93. The Balaban J connectivity index is 1.68. The highest BCUT2D eigenvalue weighted by atomic mass is 19.1. The maximum absolute atomic E-state index is 13.4. The lowest BCUT2D eigenvalue weighted by Gasteiger charge is -2.21. The van der Waals surface area contributed by atoms with Gasteiger partial charge in [-0.25, -0.2) is 4.39 Å². The number of benzene rings is 1. The molecule has 19 heavy (non-hydrogen) atoms. The van der Waals surface area contributed by atoms with Gasteiger partial charge in [0.1, 0.15) is 5.82 Å². The Morgan fingerprint density at radius 3 is 2.79 bits per heavy atom. The van der Waals surface area contributed by atoms with E-state index in [0.29, 0.717) is 12.5 Å². The number of hydrogen-bond donors (Lipinski definition) is 1. The molecule has 104 valence electrons. The van der Waals surface area contributed by atoms with Crippen LogP contribution in [0.25, 0.3) is 0 Å². The van der Waals surface area contributed by atoms with Gasteiger partial charge in [-0.1, -0.05) is 12.1 Å². The van der Waals surface area contributed by atoms with Crippen molar-refractivity contribution in [1.29, 1.82) is 0 Å². The lowest BCUT2D eigenvalue weighted by atomic mass is 9.95. The molecule has 1 aromatic rings. The summed E-state index contributed by atoms with van der Waals surface area (Å²) in [6, 6.07) is 6.05. The maximum Gasteiger partial charge on any atom is 0.254 e. The minimum Gasteiger partial charge on any atom is -0.381 e. The van der Waals surface area contributed by atoms with E-state index in [9.17, 15) is 9.18 Å². The van der Waals surface area contributed by atoms with Crippen molar-refractivity contribution in [3.8, 4) is 0 Å². The van der Waals surface area contributed by atoms with Crippen molar-refractivity contribution < 1.29 is 13.9 Å². The Hall–Kier alpha value is -1.42. The highest BCUT2D eigenvalue weighted by Crippen LogP contribution is 2.19. The van der Waals surface area contributed by atoms with Crippen LogP contribution in [0.1, 0.15) is 36.0 Å². The summed E-state index contributed by atoms with van der Waals surface area (Å²) in [6.45, 7) is 2.31. The second-order valence-electron chi connectivity index (χ2n) is 4.93. The molecule has 1 saturated heterocycles. The Morgan fingerprint density at radius 1 is 1.32 bits per heavy atom. The lowest BCUT2D eigenvalue weighted by Crippen LogP contribution is -2.26. The third kappa shape index (κ3) is 4.31. The van der Waals surface area contributed by atoms with Gasteiger partial charge in [-0.05, 0) is 43.7 Å². The van der Waals surface area contributed by atoms with E-state index < -0.39 is 5.82 Å². The fraction of sp³-hybridized carbons (Fsp3) is 0.533. The van der Waals surface area contributed by atoms with Gasteiger partial charge in [0.25, 0.3) is 5.91 Å². The summed E-state index contributed by atoms with van der Waals surface area (Å²) in [5.74, 6) is -0.0892. The number of hydrogen-bond acceptors (Lipinski definition) is 2. The zero-order valence-electron chi connectivity index (χ0n) is 11.0. The average molecular weight is 265 g/mol. The molecule has 0 atom stereocenters. The molecule has 4 heteroatoms. The van der Waals surface area contributed by atoms with E-state index in [4.69, 9.17) is 4.74 Å². The van der Waals surface area contributed by atoms with E-state index in [-0.39, 0.29) is 11.5 Å². The van der Waals surface area contributed by atoms with Crippen LogP contribution >= 0.6 is 0 Å². The molecule has 0 radical (unpaired) electrons. The lowest BCUT2D eigenvalue weighted by molar-refractivity contribution is 0.0631. The first kappa shape index (κ1) is 14.0. The number of rotatable bonds is 5. The number of nitrogens with one attached hydrogen (secondary N) is 1. The van der Waals surface area contributed by atoms with Gasteiger partial charge < -0.3 is 10.1 Å². The molecule has 1 aliphatic rings. The number of ether oxygens (including phenoxy) is 1. The van der Waals surface area contributed by atoms with Gasteiger partial charge in [0, 0.05) is 19.8 Å². The van der Waals surface area contributed by atoms with Gasteiger partial charge in [0.2, 0.25) is 0 Å². The predicted octanol–water partition coefficient (Wildman–Crippen LogP) is 2.76. The second kappa shape index (κ2) is 7.24. The van der Waals surface area contributed by atoms with E-state index in [1.54, 1.807) is 12.1 Å². The molecule has 1 amide bonds. The fourth-order valence-corrected chi connectivity index (χ4v) is 2.37. The van der Waals surface area contributed by atoms with Gasteiger partial charge in [-0.2, -0.15) is 0 Å². The van der Waals surface area contributed by atoms with Crippen LogP contribution in [0.4, 0.5) is 4.39 Å². The summed E-state index contributed by atoms with van der Waals surface area (Å²) >= 11 is 0. The molecule has 3 nitrogen and oxygen atoms in total. The Labute approximate surface area is 113 Å². The van der Waals surface area contributed by atoms with Gasteiger partial charge in [0.15, 0.2) is 0 Å². The molecule has 0 aromatic heterocycles. The Kier molecular flexibility index (Phi) is 5.33. The van der Waals surface area contributed by atoms with E-state index in [1.165, 1.54) is 12.1 Å². The summed E-state index contributed by atoms with van der Waals surface area (Å²) in [6.07, 6.45) is 4.26. The third-order valence-corrected chi connectivity index (χ3v) is 3.53. The van der Waals surface area contributed by atoms with E-state index in [0.717, 1.165) is 38.9 Å². The van der Waals surface area contributed by atoms with Gasteiger partial charge in [-0.15, -0.1) is 0 Å². The topological polar surface area (TPSA) is 38.3 Å². The zero-order chi connectivity index (χ0) is 13.5. The third-order valence-electron chi connectivity index (χ3n) is 3.53. The van der Waals surface area contributed by atoms with Crippen molar-refractivity contribution in [2.24, 2.45) is 5.92 Å². The summed E-state index contributed by atoms with van der Waals surface area (Å²) in [7, 11) is 0. The Bertz CT molecular complexity index is 416. The van der Waals surface area contributed by atoms with Gasteiger partial charge >= 0.3 is 0 Å². The molecule has 0 saturated carbocycles. The molecule has 1 heterocycles. The SMILES string of the molecule is O=C(NCCCC1CCOCC1)c1ccccc1F. The number of amides is 1. The number of carbonyl (C=O) groups excluding carboxylic acids is 1. The average Bonchev–Trinajstić information content (AvgIpc) is 2.45. The first-order valence-corrected chi connectivity index (χ1v) is 6.88. The minimum atomic E-state index is -0.468. The summed E-state index contributed by atoms with van der Waals surface area (Å²) in [5.41, 5.74) is 0.119. The molecule has 0 spiro atoms. The molecule has 2 rings (SSSR count). The molecule has 1 fully saturated rings. The van der Waals surface area contributed by atoms with Crippen LogP contribution in [0.5, 0.6) is 0 Å². The van der Waals surface area contributed by atoms with Gasteiger partial charge in [0.05, 0.1) is 5.56 Å². The van der Waals surface area contributed by atoms with Crippen LogP contribution in [0.3, 0.4) is 0 Å². The van der Waals surface area contributed by atoms with E-state index >= 15 is 0 Å². The number of carbonyl (C=O) groups is 1. The highest BCUT2D eigenvalue weighted by molar-refractivity contribution is 5.94. The van der Waals surface area contributed by atoms with Crippen molar-refractivity contribution in [3.05, 3.63) is 35.6 Å². The largest absolute Gasteiger partial charge is 0.381 e. The summed E-state index contributed by atoms with van der Waals surface area (Å²) in [5, 5.41) is 2.77. The molecular formula is C15H20FNO2. The smallest absolute Gasteiger partial charge is 0.254 e. The van der Waals surface area contributed by atoms with Crippen molar-refractivity contribution >= 4 is 5.91 Å². The van der Waals surface area contributed by atoms with Crippen LogP contribution in [0, 0.1) is 11.7 Å². The molecule has 0 bridgehead atoms. The predicted molar refractivity (Wildman–Crippen MR) is 71.5 cm³/mol. The Morgan fingerprint density at radius 2 is 2.05 bits per heavy atom. The molecule has 1 aliphatic heterocycles. The van der Waals surface area contributed by atoms with Crippen LogP contribution in [0.2, 0.25) is 0 Å². The minimum absolute atomic E-state index is 0.119. The van der Waals surface area contributed by atoms with Crippen LogP contribution < -0.4 is 5.32 Å². The standard InChI is InChI=1S/C15H20FNO2/c16-14-6-2-1-5-13(14)15(18)17-9-3-4-12-7-10-19-11-8-12/h1-2,5-6,12H,3-4,7-11H2,(H,17,18). The normalized spacial score (nSPS) is 16.3. The first-order valence-electron chi connectivity index (χ1n) is 6.88. The molecule has 0 aliphatic carbocycles. The van der Waals surface area contributed by atoms with Crippen LogP contribution in [0.15, 0.2) is 24.3 Å². The van der Waals surface area contributed by atoms with Gasteiger partial charge in [-0.3, -0.25) is 4.79 Å². The van der Waals surface area contributed by atoms with E-state index in [1.807, 2.05) is 0 Å². The molecule has 0 unspecified atom stereocenters. The zero-order valence-corrected chi connectivity index (χ0v) is 11.0. The molecular weight excluding hydrogens is 245 g/mol. The van der Waals surface area contributed by atoms with Crippen LogP contribution in [-0.2, 0) is 4.74 Å². The summed E-state index contributed by atoms with van der Waals surface area (Å²) in [4.78, 5) is 11.7. The highest BCUT2D eigenvalue weighted by Gasteiger charge is 2.14. The summed E-state index contributed by atoms with van der Waals surface area (Å²) < 4.78 is 18.7.